The van der Waals surface area contributed by atoms with Crippen LogP contribution in [0.15, 0.2) is 28.2 Å². The first kappa shape index (κ1) is 18.2. The second-order valence-electron chi connectivity index (χ2n) is 6.77. The summed E-state index contributed by atoms with van der Waals surface area (Å²) in [5.74, 6) is 1.74. The monoisotopic (exact) mass is 437 g/mol. The zero-order chi connectivity index (χ0) is 17.8. The minimum Gasteiger partial charge on any atom is -0.378 e. The summed E-state index contributed by atoms with van der Waals surface area (Å²) >= 11 is 5.36. The highest BCUT2D eigenvalue weighted by Crippen LogP contribution is 2.23. The Hall–Kier alpha value is -1.22. The number of morpholine rings is 1. The molecule has 2 aromatic rings. The van der Waals surface area contributed by atoms with Crippen LogP contribution in [0.5, 0.6) is 0 Å². The molecule has 0 aromatic carbocycles. The zero-order valence-electron chi connectivity index (χ0n) is 14.7. The Morgan fingerprint density at radius 2 is 2.04 bits per heavy atom. The molecule has 140 valence electrons. The molecule has 0 amide bonds. The van der Waals surface area contributed by atoms with Gasteiger partial charge in [-0.1, -0.05) is 0 Å². The van der Waals surface area contributed by atoms with Gasteiger partial charge in [0.05, 0.1) is 13.2 Å². The molecule has 0 aliphatic carbocycles. The van der Waals surface area contributed by atoms with Crippen molar-refractivity contribution in [1.82, 2.24) is 14.9 Å². The first-order valence-corrected chi connectivity index (χ1v) is 10.8. The summed E-state index contributed by atoms with van der Waals surface area (Å²) in [6.45, 7) is 6.52. The maximum atomic E-state index is 5.41. The van der Waals surface area contributed by atoms with E-state index >= 15 is 0 Å². The predicted octanol–water partition coefficient (Wildman–Crippen LogP) is 3.21. The molecule has 6 nitrogen and oxygen atoms in total. The molecule has 4 rings (SSSR count). The lowest BCUT2D eigenvalue weighted by Gasteiger charge is -2.32. The minimum atomic E-state index is 0.480. The van der Waals surface area contributed by atoms with Crippen LogP contribution in [0.1, 0.15) is 17.7 Å². The number of hydrogen-bond acceptors (Lipinski definition) is 7. The molecule has 2 aliphatic heterocycles. The van der Waals surface area contributed by atoms with Gasteiger partial charge in [0.2, 0.25) is 5.95 Å². The number of halogens is 1. The van der Waals surface area contributed by atoms with Crippen molar-refractivity contribution in [3.05, 3.63) is 33.1 Å². The van der Waals surface area contributed by atoms with E-state index in [1.54, 1.807) is 0 Å². The highest BCUT2D eigenvalue weighted by Gasteiger charge is 2.20. The molecule has 0 unspecified atom stereocenters. The molecule has 1 N–H and O–H groups in total. The third-order valence-electron chi connectivity index (χ3n) is 4.88. The summed E-state index contributed by atoms with van der Waals surface area (Å²) in [6.07, 6.45) is 4.14. The molecule has 8 heteroatoms. The van der Waals surface area contributed by atoms with Crippen LogP contribution in [0.4, 0.5) is 11.8 Å². The van der Waals surface area contributed by atoms with Crippen molar-refractivity contribution >= 4 is 39.0 Å². The number of aromatic nitrogens is 2. The normalized spacial score (nSPS) is 19.7. The van der Waals surface area contributed by atoms with Gasteiger partial charge < -0.3 is 15.0 Å². The summed E-state index contributed by atoms with van der Waals surface area (Å²) in [5.41, 5.74) is 0. The van der Waals surface area contributed by atoms with Crippen LogP contribution in [0, 0.1) is 0 Å². The van der Waals surface area contributed by atoms with Crippen molar-refractivity contribution in [2.75, 3.05) is 49.6 Å². The van der Waals surface area contributed by atoms with Crippen LogP contribution in [-0.2, 0) is 11.3 Å². The lowest BCUT2D eigenvalue weighted by atomic mass is 10.1. The van der Waals surface area contributed by atoms with Crippen LogP contribution >= 0.6 is 27.3 Å². The van der Waals surface area contributed by atoms with Gasteiger partial charge in [-0.05, 0) is 40.9 Å². The smallest absolute Gasteiger partial charge is 0.227 e. The Labute approximate surface area is 166 Å². The second-order valence-corrected chi connectivity index (χ2v) is 8.68. The summed E-state index contributed by atoms with van der Waals surface area (Å²) in [4.78, 5) is 15.3. The quantitative estimate of drug-likeness (QED) is 0.774. The van der Waals surface area contributed by atoms with Gasteiger partial charge in [-0.2, -0.15) is 4.98 Å². The van der Waals surface area contributed by atoms with Crippen molar-refractivity contribution in [3.63, 3.8) is 0 Å². The number of nitrogens with one attached hydrogen (secondary N) is 1. The Morgan fingerprint density at radius 1 is 1.23 bits per heavy atom. The summed E-state index contributed by atoms with van der Waals surface area (Å²) in [7, 11) is 0. The zero-order valence-corrected chi connectivity index (χ0v) is 17.1. The molecule has 2 fully saturated rings. The van der Waals surface area contributed by atoms with Gasteiger partial charge in [-0.3, -0.25) is 4.90 Å². The number of piperidine rings is 1. The fraction of sp³-hybridized carbons (Fsp3) is 0.556. The molecule has 0 atom stereocenters. The number of anilines is 2. The first-order valence-electron chi connectivity index (χ1n) is 9.14. The SMILES string of the molecule is Brc1csc(CN2CCC(Nc3ccnc(N4CCOCC4)n3)CC2)c1. The summed E-state index contributed by atoms with van der Waals surface area (Å²) in [5, 5.41) is 5.77. The molecule has 0 spiro atoms. The van der Waals surface area contributed by atoms with Gasteiger partial charge in [-0.15, -0.1) is 11.3 Å². The Kier molecular flexibility index (Phi) is 6.04. The van der Waals surface area contributed by atoms with E-state index in [4.69, 9.17) is 9.72 Å². The predicted molar refractivity (Wildman–Crippen MR) is 109 cm³/mol. The Morgan fingerprint density at radius 3 is 2.77 bits per heavy atom. The Balaban J connectivity index is 1.28. The van der Waals surface area contributed by atoms with E-state index in [-0.39, 0.29) is 0 Å². The topological polar surface area (TPSA) is 53.5 Å². The molecule has 26 heavy (non-hydrogen) atoms. The van der Waals surface area contributed by atoms with Gasteiger partial charge in [0.1, 0.15) is 5.82 Å². The molecule has 2 aliphatic rings. The van der Waals surface area contributed by atoms with Gasteiger partial charge in [-0.25, -0.2) is 4.98 Å². The summed E-state index contributed by atoms with van der Waals surface area (Å²) in [6, 6.07) is 4.68. The molecule has 2 saturated heterocycles. The third kappa shape index (κ3) is 4.73. The molecule has 4 heterocycles. The average molecular weight is 438 g/mol. The first-order chi connectivity index (χ1) is 12.8. The minimum absolute atomic E-state index is 0.480. The second kappa shape index (κ2) is 8.65. The van der Waals surface area contributed by atoms with Gasteiger partial charge >= 0.3 is 0 Å². The fourth-order valence-electron chi connectivity index (χ4n) is 3.45. The van der Waals surface area contributed by atoms with E-state index in [0.29, 0.717) is 6.04 Å². The summed E-state index contributed by atoms with van der Waals surface area (Å²) < 4.78 is 6.60. The third-order valence-corrected chi connectivity index (χ3v) is 6.56. The maximum Gasteiger partial charge on any atom is 0.227 e. The van der Waals surface area contributed by atoms with Crippen molar-refractivity contribution in [3.8, 4) is 0 Å². The Bertz CT molecular complexity index is 713. The van der Waals surface area contributed by atoms with E-state index in [1.165, 1.54) is 9.35 Å². The number of hydrogen-bond donors (Lipinski definition) is 1. The van der Waals surface area contributed by atoms with Crippen molar-refractivity contribution < 1.29 is 4.74 Å². The van der Waals surface area contributed by atoms with Gasteiger partial charge in [0.15, 0.2) is 0 Å². The van der Waals surface area contributed by atoms with E-state index in [0.717, 1.165) is 70.5 Å². The van der Waals surface area contributed by atoms with Crippen LogP contribution in [-0.4, -0.2) is 60.3 Å². The van der Waals surface area contributed by atoms with Gasteiger partial charge in [0, 0.05) is 59.7 Å². The van der Waals surface area contributed by atoms with E-state index < -0.39 is 0 Å². The molecule has 0 saturated carbocycles. The molecule has 2 aromatic heterocycles. The van der Waals surface area contributed by atoms with E-state index in [1.807, 2.05) is 23.6 Å². The van der Waals surface area contributed by atoms with Crippen LogP contribution < -0.4 is 10.2 Å². The molecular weight excluding hydrogens is 414 g/mol. The van der Waals surface area contributed by atoms with Crippen molar-refractivity contribution in [2.45, 2.75) is 25.4 Å². The van der Waals surface area contributed by atoms with Crippen molar-refractivity contribution in [2.24, 2.45) is 0 Å². The van der Waals surface area contributed by atoms with Gasteiger partial charge in [0.25, 0.3) is 0 Å². The van der Waals surface area contributed by atoms with Crippen LogP contribution in [0.3, 0.4) is 0 Å². The fourth-order valence-corrected chi connectivity index (χ4v) is 4.94. The lowest BCUT2D eigenvalue weighted by Crippen LogP contribution is -2.39. The number of nitrogens with zero attached hydrogens (tertiary/aromatic N) is 4. The number of rotatable bonds is 5. The van der Waals surface area contributed by atoms with Crippen molar-refractivity contribution in [1.29, 1.82) is 0 Å². The molecule has 0 radical (unpaired) electrons. The van der Waals surface area contributed by atoms with E-state index in [9.17, 15) is 0 Å². The average Bonchev–Trinajstić information content (AvgIpc) is 3.09. The molecular formula is C18H24BrN5OS. The maximum absolute atomic E-state index is 5.41. The largest absolute Gasteiger partial charge is 0.378 e. The number of thiophene rings is 1. The highest BCUT2D eigenvalue weighted by molar-refractivity contribution is 9.10. The number of likely N-dealkylation sites (tertiary alicyclic amines) is 1. The van der Waals surface area contributed by atoms with E-state index in [2.05, 4.69) is 47.5 Å². The highest BCUT2D eigenvalue weighted by atomic mass is 79.9. The van der Waals surface area contributed by atoms with Crippen LogP contribution in [0.25, 0.3) is 0 Å². The van der Waals surface area contributed by atoms with Crippen LogP contribution in [0.2, 0.25) is 0 Å². The number of ether oxygens (including phenoxy) is 1. The lowest BCUT2D eigenvalue weighted by molar-refractivity contribution is 0.122. The molecule has 0 bridgehead atoms. The standard InChI is InChI=1S/C18H24BrN5OS/c19-14-11-16(26-13-14)12-23-5-2-15(3-6-23)21-17-1-4-20-18(22-17)24-7-9-25-10-8-24/h1,4,11,13,15H,2-3,5-10,12H2,(H,20,21,22).